The van der Waals surface area contributed by atoms with E-state index in [0.717, 1.165) is 5.56 Å². The maximum atomic E-state index is 13.3. The van der Waals surface area contributed by atoms with Crippen molar-refractivity contribution < 1.29 is 23.5 Å². The Bertz CT molecular complexity index is 1190. The number of hydrogen-bond acceptors (Lipinski definition) is 5. The monoisotopic (exact) mass is 431 g/mol. The third-order valence-electron chi connectivity index (χ3n) is 5.87. The standard InChI is InChI=1S/C24H21N3O5/c1-31-17-7-4-14(5-8-17)22(28)25-16-12-20-23(29)26-19-9-6-15(21-3-2-10-32-21)11-18(19)24(30)27(20)13-16/h2-11,16,20H,12-13H2,1H3,(H,25,28)(H,26,29)/t16-,20-/m0/s1. The Morgan fingerprint density at radius 1 is 1.16 bits per heavy atom. The fraction of sp³-hybridized carbons (Fsp3) is 0.208. The Morgan fingerprint density at radius 2 is 1.97 bits per heavy atom. The van der Waals surface area contributed by atoms with E-state index in [1.54, 1.807) is 61.9 Å². The lowest BCUT2D eigenvalue weighted by Crippen LogP contribution is -2.41. The van der Waals surface area contributed by atoms with Crippen LogP contribution in [-0.4, -0.2) is 48.4 Å². The van der Waals surface area contributed by atoms with Gasteiger partial charge in [-0.2, -0.15) is 0 Å². The van der Waals surface area contributed by atoms with E-state index in [4.69, 9.17) is 9.15 Å². The summed E-state index contributed by atoms with van der Waals surface area (Å²) >= 11 is 0. The summed E-state index contributed by atoms with van der Waals surface area (Å²) in [5.41, 5.74) is 2.11. The number of amides is 3. The Kier molecular flexibility index (Phi) is 4.89. The molecule has 2 aromatic carbocycles. The first-order chi connectivity index (χ1) is 15.5. The molecule has 1 fully saturated rings. The third kappa shape index (κ3) is 3.49. The molecule has 3 amide bonds. The van der Waals surface area contributed by atoms with Gasteiger partial charge in [-0.3, -0.25) is 14.4 Å². The van der Waals surface area contributed by atoms with E-state index in [9.17, 15) is 14.4 Å². The number of furan rings is 1. The zero-order chi connectivity index (χ0) is 22.2. The molecule has 0 unspecified atom stereocenters. The lowest BCUT2D eigenvalue weighted by molar-refractivity contribution is -0.119. The van der Waals surface area contributed by atoms with Crippen LogP contribution in [0.4, 0.5) is 5.69 Å². The van der Waals surface area contributed by atoms with Crippen LogP contribution in [0.15, 0.2) is 65.3 Å². The summed E-state index contributed by atoms with van der Waals surface area (Å²) in [6.45, 7) is 0.253. The molecule has 2 aliphatic heterocycles. The number of ether oxygens (including phenoxy) is 1. The van der Waals surface area contributed by atoms with Crippen LogP contribution in [0, 0.1) is 0 Å². The molecule has 5 rings (SSSR count). The van der Waals surface area contributed by atoms with Gasteiger partial charge in [-0.1, -0.05) is 0 Å². The highest BCUT2D eigenvalue weighted by Gasteiger charge is 2.43. The van der Waals surface area contributed by atoms with Crippen molar-refractivity contribution in [2.24, 2.45) is 0 Å². The normalized spacial score (nSPS) is 19.6. The van der Waals surface area contributed by atoms with E-state index in [0.29, 0.717) is 34.7 Å². The first-order valence-corrected chi connectivity index (χ1v) is 10.3. The highest BCUT2D eigenvalue weighted by atomic mass is 16.5. The zero-order valence-corrected chi connectivity index (χ0v) is 17.3. The number of rotatable bonds is 4. The molecular weight excluding hydrogens is 410 g/mol. The summed E-state index contributed by atoms with van der Waals surface area (Å²) in [6.07, 6.45) is 1.91. The summed E-state index contributed by atoms with van der Waals surface area (Å²) in [5, 5.41) is 5.80. The number of nitrogens with zero attached hydrogens (tertiary/aromatic N) is 1. The van der Waals surface area contributed by atoms with Crippen LogP contribution in [0.3, 0.4) is 0 Å². The molecule has 162 valence electrons. The molecule has 2 aliphatic rings. The first-order valence-electron chi connectivity index (χ1n) is 10.3. The maximum Gasteiger partial charge on any atom is 0.256 e. The molecule has 3 heterocycles. The fourth-order valence-electron chi connectivity index (χ4n) is 4.22. The van der Waals surface area contributed by atoms with E-state index in [1.165, 1.54) is 4.90 Å². The predicted molar refractivity (Wildman–Crippen MR) is 116 cm³/mol. The van der Waals surface area contributed by atoms with Crippen molar-refractivity contribution in [2.75, 3.05) is 19.0 Å². The van der Waals surface area contributed by atoms with Gasteiger partial charge in [0.05, 0.1) is 24.6 Å². The summed E-state index contributed by atoms with van der Waals surface area (Å²) in [5.74, 6) is 0.523. The minimum absolute atomic E-state index is 0.252. The molecule has 0 aliphatic carbocycles. The molecule has 2 N–H and O–H groups in total. The fourth-order valence-corrected chi connectivity index (χ4v) is 4.22. The Labute approximate surface area is 184 Å². The van der Waals surface area contributed by atoms with Crippen molar-refractivity contribution >= 4 is 23.4 Å². The third-order valence-corrected chi connectivity index (χ3v) is 5.87. The van der Waals surface area contributed by atoms with Crippen LogP contribution >= 0.6 is 0 Å². The molecule has 0 radical (unpaired) electrons. The van der Waals surface area contributed by atoms with Gasteiger partial charge in [0.25, 0.3) is 11.8 Å². The number of carbonyl (C=O) groups excluding carboxylic acids is 3. The average molecular weight is 431 g/mol. The lowest BCUT2D eigenvalue weighted by atomic mass is 10.1. The minimum Gasteiger partial charge on any atom is -0.497 e. The molecule has 32 heavy (non-hydrogen) atoms. The highest BCUT2D eigenvalue weighted by molar-refractivity contribution is 6.11. The maximum absolute atomic E-state index is 13.3. The van der Waals surface area contributed by atoms with Crippen molar-refractivity contribution in [2.45, 2.75) is 18.5 Å². The molecule has 2 atom stereocenters. The first kappa shape index (κ1) is 19.9. The Morgan fingerprint density at radius 3 is 2.69 bits per heavy atom. The number of fused-ring (bicyclic) bond motifs is 2. The number of hydrogen-bond donors (Lipinski definition) is 2. The van der Waals surface area contributed by atoms with Gasteiger partial charge >= 0.3 is 0 Å². The van der Waals surface area contributed by atoms with Gasteiger partial charge in [0, 0.05) is 23.7 Å². The van der Waals surface area contributed by atoms with Crippen LogP contribution in [0.2, 0.25) is 0 Å². The summed E-state index contributed by atoms with van der Waals surface area (Å²) in [7, 11) is 1.56. The van der Waals surface area contributed by atoms with Crippen molar-refractivity contribution in [3.8, 4) is 17.1 Å². The number of benzene rings is 2. The molecule has 8 heteroatoms. The largest absolute Gasteiger partial charge is 0.497 e. The SMILES string of the molecule is COc1ccc(C(=O)N[C@H]2C[C@H]3C(=O)Nc4ccc(-c5ccco5)cc4C(=O)N3C2)cc1. The van der Waals surface area contributed by atoms with E-state index >= 15 is 0 Å². The molecule has 0 saturated carbocycles. The van der Waals surface area contributed by atoms with E-state index in [1.807, 2.05) is 6.07 Å². The number of anilines is 1. The van der Waals surface area contributed by atoms with E-state index in [-0.39, 0.29) is 30.3 Å². The molecule has 1 aromatic heterocycles. The second-order valence-electron chi connectivity index (χ2n) is 7.83. The van der Waals surface area contributed by atoms with Gasteiger partial charge in [-0.25, -0.2) is 0 Å². The quantitative estimate of drug-likeness (QED) is 0.662. The number of carbonyl (C=O) groups is 3. The second kappa shape index (κ2) is 7.88. The molecule has 0 spiro atoms. The van der Waals surface area contributed by atoms with Crippen LogP contribution in [0.5, 0.6) is 5.75 Å². The zero-order valence-electron chi connectivity index (χ0n) is 17.3. The van der Waals surface area contributed by atoms with E-state index in [2.05, 4.69) is 10.6 Å². The molecule has 0 bridgehead atoms. The Hall–Kier alpha value is -4.07. The van der Waals surface area contributed by atoms with Crippen molar-refractivity contribution in [1.29, 1.82) is 0 Å². The van der Waals surface area contributed by atoms with Crippen LogP contribution < -0.4 is 15.4 Å². The lowest BCUT2D eigenvalue weighted by Gasteiger charge is -2.20. The topological polar surface area (TPSA) is 101 Å². The van der Waals surface area contributed by atoms with Crippen molar-refractivity contribution in [3.63, 3.8) is 0 Å². The second-order valence-corrected chi connectivity index (χ2v) is 7.83. The molecular formula is C24H21N3O5. The average Bonchev–Trinajstić information content (AvgIpc) is 3.48. The molecule has 8 nitrogen and oxygen atoms in total. The van der Waals surface area contributed by atoms with Gasteiger partial charge < -0.3 is 24.7 Å². The molecule has 1 saturated heterocycles. The Balaban J connectivity index is 1.36. The number of nitrogens with one attached hydrogen (secondary N) is 2. The van der Waals surface area contributed by atoms with Gasteiger partial charge in [0.1, 0.15) is 17.6 Å². The highest BCUT2D eigenvalue weighted by Crippen LogP contribution is 2.32. The van der Waals surface area contributed by atoms with E-state index < -0.39 is 6.04 Å². The minimum atomic E-state index is -0.650. The number of methoxy groups -OCH3 is 1. The van der Waals surface area contributed by atoms with Crippen LogP contribution in [0.1, 0.15) is 27.1 Å². The van der Waals surface area contributed by atoms with Crippen molar-refractivity contribution in [1.82, 2.24) is 10.2 Å². The molecule has 3 aromatic rings. The van der Waals surface area contributed by atoms with Crippen LogP contribution in [-0.2, 0) is 4.79 Å². The van der Waals surface area contributed by atoms with Crippen LogP contribution in [0.25, 0.3) is 11.3 Å². The van der Waals surface area contributed by atoms with Crippen molar-refractivity contribution in [3.05, 3.63) is 72.0 Å². The summed E-state index contributed by atoms with van der Waals surface area (Å²) in [4.78, 5) is 40.4. The smallest absolute Gasteiger partial charge is 0.256 e. The van der Waals surface area contributed by atoms with Gasteiger partial charge in [-0.05, 0) is 61.0 Å². The predicted octanol–water partition coefficient (Wildman–Crippen LogP) is 2.92. The van der Waals surface area contributed by atoms with Gasteiger partial charge in [0.15, 0.2) is 0 Å². The van der Waals surface area contributed by atoms with Gasteiger partial charge in [-0.15, -0.1) is 0 Å². The summed E-state index contributed by atoms with van der Waals surface area (Å²) in [6, 6.07) is 14.6. The van der Waals surface area contributed by atoms with Gasteiger partial charge in [0.2, 0.25) is 5.91 Å². The summed E-state index contributed by atoms with van der Waals surface area (Å²) < 4.78 is 10.6.